The van der Waals surface area contributed by atoms with E-state index in [9.17, 15) is 4.79 Å². The molecule has 2 aromatic heterocycles. The van der Waals surface area contributed by atoms with Gasteiger partial charge in [0.05, 0.1) is 12.2 Å². The average molecular weight is 337 g/mol. The number of furan rings is 1. The fourth-order valence-corrected chi connectivity index (χ4v) is 3.13. The number of aromatic nitrogens is 2. The molecule has 3 aromatic rings. The lowest BCUT2D eigenvalue weighted by atomic mass is 9.98. The number of benzene rings is 1. The quantitative estimate of drug-likeness (QED) is 0.729. The number of hydrogen-bond acceptors (Lipinski definition) is 5. The van der Waals surface area contributed by atoms with Crippen molar-refractivity contribution in [1.29, 1.82) is 0 Å². The minimum Gasteiger partial charge on any atom is -0.459 e. The van der Waals surface area contributed by atoms with Gasteiger partial charge in [-0.05, 0) is 44.0 Å². The van der Waals surface area contributed by atoms with Gasteiger partial charge in [0, 0.05) is 18.7 Å². The minimum absolute atomic E-state index is 0.0550. The Morgan fingerprint density at radius 1 is 1.20 bits per heavy atom. The van der Waals surface area contributed by atoms with Crippen LogP contribution in [-0.4, -0.2) is 34.1 Å². The number of carbonyl (C=O) groups excluding carboxylic acids is 1. The van der Waals surface area contributed by atoms with Gasteiger partial charge in [0.15, 0.2) is 5.76 Å². The summed E-state index contributed by atoms with van der Waals surface area (Å²) in [6.45, 7) is 3.32. The molecule has 0 bridgehead atoms. The molecule has 1 amide bonds. The van der Waals surface area contributed by atoms with Crippen LogP contribution >= 0.6 is 0 Å². The van der Waals surface area contributed by atoms with Crippen molar-refractivity contribution in [3.05, 3.63) is 59.9 Å². The largest absolute Gasteiger partial charge is 0.459 e. The summed E-state index contributed by atoms with van der Waals surface area (Å²) in [6.07, 6.45) is 3.34. The van der Waals surface area contributed by atoms with Crippen LogP contribution in [0, 0.1) is 6.92 Å². The highest BCUT2D eigenvalue weighted by molar-refractivity contribution is 5.91. The average Bonchev–Trinajstić information content (AvgIpc) is 3.34. The van der Waals surface area contributed by atoms with Crippen LogP contribution in [0.1, 0.15) is 40.8 Å². The number of nitrogens with zero attached hydrogens (tertiary/aromatic N) is 3. The Morgan fingerprint density at radius 2 is 2.04 bits per heavy atom. The summed E-state index contributed by atoms with van der Waals surface area (Å²) in [5, 5.41) is 8.39. The Labute approximate surface area is 145 Å². The highest BCUT2D eigenvalue weighted by atomic mass is 16.4. The summed E-state index contributed by atoms with van der Waals surface area (Å²) in [7, 11) is 0. The van der Waals surface area contributed by atoms with Gasteiger partial charge in [-0.3, -0.25) is 4.79 Å². The van der Waals surface area contributed by atoms with Gasteiger partial charge in [0.2, 0.25) is 11.8 Å². The normalized spacial score (nSPS) is 17.6. The Kier molecular flexibility index (Phi) is 4.09. The second-order valence-corrected chi connectivity index (χ2v) is 6.38. The summed E-state index contributed by atoms with van der Waals surface area (Å²) in [4.78, 5) is 14.3. The molecular formula is C19H19N3O3. The highest BCUT2D eigenvalue weighted by Gasteiger charge is 2.29. The molecule has 1 atom stereocenters. The number of aryl methyl sites for hydroxylation is 1. The molecule has 3 heterocycles. The zero-order valence-corrected chi connectivity index (χ0v) is 14.0. The molecule has 4 rings (SSSR count). The maximum Gasteiger partial charge on any atom is 0.289 e. The fourth-order valence-electron chi connectivity index (χ4n) is 3.13. The molecule has 1 aliphatic heterocycles. The smallest absolute Gasteiger partial charge is 0.289 e. The Balaban J connectivity index is 1.50. The molecule has 1 aromatic carbocycles. The SMILES string of the molecule is Cc1ccc(-c2nnc([C@@H]3CCCN(C(=O)c4ccco4)C3)o2)cc1. The van der Waals surface area contributed by atoms with Crippen molar-refractivity contribution in [3.63, 3.8) is 0 Å². The van der Waals surface area contributed by atoms with Gasteiger partial charge < -0.3 is 13.7 Å². The third-order valence-corrected chi connectivity index (χ3v) is 4.53. The summed E-state index contributed by atoms with van der Waals surface area (Å²) in [6, 6.07) is 11.4. The van der Waals surface area contributed by atoms with Crippen LogP contribution in [0.3, 0.4) is 0 Å². The van der Waals surface area contributed by atoms with Gasteiger partial charge in [-0.15, -0.1) is 10.2 Å². The van der Waals surface area contributed by atoms with Crippen LogP contribution < -0.4 is 0 Å². The third-order valence-electron chi connectivity index (χ3n) is 4.53. The fraction of sp³-hybridized carbons (Fsp3) is 0.316. The van der Waals surface area contributed by atoms with Gasteiger partial charge in [-0.25, -0.2) is 0 Å². The van der Waals surface area contributed by atoms with Crippen molar-refractivity contribution >= 4 is 5.91 Å². The first kappa shape index (κ1) is 15.6. The molecular weight excluding hydrogens is 318 g/mol. The molecule has 1 fully saturated rings. The summed E-state index contributed by atoms with van der Waals surface area (Å²) in [5.74, 6) is 1.44. The van der Waals surface area contributed by atoms with Gasteiger partial charge >= 0.3 is 0 Å². The lowest BCUT2D eigenvalue weighted by Gasteiger charge is -2.30. The second kappa shape index (κ2) is 6.55. The van der Waals surface area contributed by atoms with E-state index in [1.165, 1.54) is 11.8 Å². The van der Waals surface area contributed by atoms with Gasteiger partial charge in [-0.1, -0.05) is 17.7 Å². The third kappa shape index (κ3) is 3.20. The molecule has 1 aliphatic rings. The Morgan fingerprint density at radius 3 is 2.80 bits per heavy atom. The Hall–Kier alpha value is -2.89. The molecule has 6 heteroatoms. The molecule has 128 valence electrons. The molecule has 0 saturated carbocycles. The predicted octanol–water partition coefficient (Wildman–Crippen LogP) is 3.66. The van der Waals surface area contributed by atoms with Crippen molar-refractivity contribution in [3.8, 4) is 11.5 Å². The van der Waals surface area contributed by atoms with Gasteiger partial charge in [0.25, 0.3) is 5.91 Å². The summed E-state index contributed by atoms with van der Waals surface area (Å²) < 4.78 is 11.1. The zero-order valence-electron chi connectivity index (χ0n) is 14.0. The van der Waals surface area contributed by atoms with Crippen LogP contribution in [0.15, 0.2) is 51.5 Å². The molecule has 1 saturated heterocycles. The van der Waals surface area contributed by atoms with Crippen LogP contribution in [0.4, 0.5) is 0 Å². The summed E-state index contributed by atoms with van der Waals surface area (Å²) >= 11 is 0. The topological polar surface area (TPSA) is 72.4 Å². The lowest BCUT2D eigenvalue weighted by molar-refractivity contribution is 0.0666. The maximum atomic E-state index is 12.5. The van der Waals surface area contributed by atoms with E-state index in [-0.39, 0.29) is 11.8 Å². The predicted molar refractivity (Wildman–Crippen MR) is 91.1 cm³/mol. The van der Waals surface area contributed by atoms with Crippen molar-refractivity contribution in [1.82, 2.24) is 15.1 Å². The van der Waals surface area contributed by atoms with Crippen LogP contribution in [-0.2, 0) is 0 Å². The van der Waals surface area contributed by atoms with E-state index in [4.69, 9.17) is 8.83 Å². The molecule has 0 N–H and O–H groups in total. The van der Waals surface area contributed by atoms with E-state index in [1.807, 2.05) is 31.2 Å². The first-order chi connectivity index (χ1) is 12.2. The number of carbonyl (C=O) groups is 1. The zero-order chi connectivity index (χ0) is 17.2. The van der Waals surface area contributed by atoms with E-state index < -0.39 is 0 Å². The number of amides is 1. The number of piperidine rings is 1. The molecule has 0 radical (unpaired) electrons. The van der Waals surface area contributed by atoms with E-state index in [1.54, 1.807) is 17.0 Å². The minimum atomic E-state index is -0.0898. The first-order valence-corrected chi connectivity index (χ1v) is 8.44. The lowest BCUT2D eigenvalue weighted by Crippen LogP contribution is -2.39. The highest BCUT2D eigenvalue weighted by Crippen LogP contribution is 2.29. The summed E-state index contributed by atoms with van der Waals surface area (Å²) in [5.41, 5.74) is 2.09. The van der Waals surface area contributed by atoms with Crippen molar-refractivity contribution in [2.75, 3.05) is 13.1 Å². The van der Waals surface area contributed by atoms with Crippen molar-refractivity contribution < 1.29 is 13.6 Å². The molecule has 25 heavy (non-hydrogen) atoms. The molecule has 0 aliphatic carbocycles. The van der Waals surface area contributed by atoms with Crippen LogP contribution in [0.2, 0.25) is 0 Å². The van der Waals surface area contributed by atoms with Gasteiger partial charge in [-0.2, -0.15) is 0 Å². The molecule has 0 spiro atoms. The van der Waals surface area contributed by atoms with Gasteiger partial charge in [0.1, 0.15) is 0 Å². The van der Waals surface area contributed by atoms with E-state index in [2.05, 4.69) is 10.2 Å². The van der Waals surface area contributed by atoms with Crippen LogP contribution in [0.5, 0.6) is 0 Å². The van der Waals surface area contributed by atoms with E-state index in [0.717, 1.165) is 24.9 Å². The number of rotatable bonds is 3. The standard InChI is InChI=1S/C19H19N3O3/c1-13-6-8-14(9-7-13)17-20-21-18(25-17)15-4-2-10-22(12-15)19(23)16-5-3-11-24-16/h3,5-9,11,15H,2,4,10,12H2,1H3/t15-/m1/s1. The molecule has 6 nitrogen and oxygen atoms in total. The number of hydrogen-bond donors (Lipinski definition) is 0. The first-order valence-electron chi connectivity index (χ1n) is 8.44. The number of likely N-dealkylation sites (tertiary alicyclic amines) is 1. The monoisotopic (exact) mass is 337 g/mol. The second-order valence-electron chi connectivity index (χ2n) is 6.38. The molecule has 0 unspecified atom stereocenters. The van der Waals surface area contributed by atoms with Crippen molar-refractivity contribution in [2.45, 2.75) is 25.7 Å². The van der Waals surface area contributed by atoms with Crippen molar-refractivity contribution in [2.24, 2.45) is 0 Å². The maximum absolute atomic E-state index is 12.5. The van der Waals surface area contributed by atoms with E-state index in [0.29, 0.717) is 24.1 Å². The van der Waals surface area contributed by atoms with E-state index >= 15 is 0 Å². The van der Waals surface area contributed by atoms with Crippen LogP contribution in [0.25, 0.3) is 11.5 Å². The Bertz CT molecular complexity index is 852.